The molecule has 0 aliphatic carbocycles. The maximum absolute atomic E-state index is 13.4. The molecule has 0 radical (unpaired) electrons. The molecule has 7 heteroatoms. The first kappa shape index (κ1) is 21.9. The molecule has 4 rings (SSSR count). The van der Waals surface area contributed by atoms with Gasteiger partial charge >= 0.3 is 5.97 Å². The minimum atomic E-state index is -0.426. The molecule has 0 N–H and O–H groups in total. The van der Waals surface area contributed by atoms with E-state index in [-0.39, 0.29) is 11.5 Å². The van der Waals surface area contributed by atoms with Crippen LogP contribution in [0.15, 0.2) is 69.0 Å². The fourth-order valence-corrected chi connectivity index (χ4v) is 3.91. The van der Waals surface area contributed by atoms with Crippen LogP contribution >= 0.6 is 15.9 Å². The Bertz CT molecular complexity index is 1430. The third-order valence-electron chi connectivity index (χ3n) is 5.37. The first-order chi connectivity index (χ1) is 15.4. The van der Waals surface area contributed by atoms with E-state index in [1.54, 1.807) is 18.3 Å². The summed E-state index contributed by atoms with van der Waals surface area (Å²) in [5.74, 6) is 0.561. The van der Waals surface area contributed by atoms with Crippen molar-refractivity contribution in [1.29, 1.82) is 0 Å². The summed E-state index contributed by atoms with van der Waals surface area (Å²) in [6.07, 6.45) is 2.37. The van der Waals surface area contributed by atoms with Crippen molar-refractivity contribution in [2.24, 2.45) is 5.10 Å². The average molecular weight is 492 g/mol. The predicted molar refractivity (Wildman–Crippen MR) is 131 cm³/mol. The number of nitrogens with zero attached hydrogens (tertiary/aromatic N) is 3. The van der Waals surface area contributed by atoms with Crippen LogP contribution in [-0.2, 0) is 4.79 Å². The molecule has 0 saturated carbocycles. The summed E-state index contributed by atoms with van der Waals surface area (Å²) in [5, 5.41) is 6.86. The van der Waals surface area contributed by atoms with Crippen LogP contribution in [0.3, 0.4) is 0 Å². The van der Waals surface area contributed by atoms with Gasteiger partial charge in [0.25, 0.3) is 5.56 Å². The number of fused-ring (bicyclic) bond motifs is 2. The van der Waals surface area contributed by atoms with E-state index in [1.165, 1.54) is 11.6 Å². The minimum Gasteiger partial charge on any atom is -0.426 e. The highest BCUT2D eigenvalue weighted by molar-refractivity contribution is 9.10. The van der Waals surface area contributed by atoms with E-state index in [1.807, 2.05) is 56.3 Å². The molecule has 1 heterocycles. The molecule has 0 spiro atoms. The number of rotatable bonds is 5. The second-order valence-electron chi connectivity index (χ2n) is 7.59. The number of carbonyl (C=O) groups excluding carboxylic acids is 1. The second kappa shape index (κ2) is 9.04. The Morgan fingerprint density at radius 3 is 2.72 bits per heavy atom. The summed E-state index contributed by atoms with van der Waals surface area (Å²) < 4.78 is 7.56. The van der Waals surface area contributed by atoms with Gasteiger partial charge in [-0.15, -0.1) is 0 Å². The number of halogens is 1. The Labute approximate surface area is 193 Å². The van der Waals surface area contributed by atoms with E-state index in [0.717, 1.165) is 21.7 Å². The van der Waals surface area contributed by atoms with Gasteiger partial charge in [-0.3, -0.25) is 9.59 Å². The number of benzene rings is 3. The molecule has 0 aliphatic rings. The number of hydrogen-bond donors (Lipinski definition) is 0. The van der Waals surface area contributed by atoms with Crippen molar-refractivity contribution < 1.29 is 9.53 Å². The molecule has 0 bridgehead atoms. The number of ether oxygens (including phenoxy) is 1. The molecular formula is C25H22BrN3O3. The van der Waals surface area contributed by atoms with Crippen LogP contribution in [0.5, 0.6) is 5.75 Å². The molecule has 0 aliphatic heterocycles. The summed E-state index contributed by atoms with van der Waals surface area (Å²) in [6, 6.07) is 16.8. The van der Waals surface area contributed by atoms with Gasteiger partial charge in [-0.1, -0.05) is 60.1 Å². The van der Waals surface area contributed by atoms with Gasteiger partial charge in [0, 0.05) is 22.9 Å². The monoisotopic (exact) mass is 491 g/mol. The maximum atomic E-state index is 13.4. The van der Waals surface area contributed by atoms with Crippen molar-refractivity contribution in [2.45, 2.75) is 33.1 Å². The SMILES string of the molecule is CC[C@@H](C)c1nc2ccc(Br)cc2c(=O)n1N=Cc1c(OC(C)=O)ccc2ccccc12. The Kier molecular flexibility index (Phi) is 6.19. The molecule has 3 aromatic carbocycles. The van der Waals surface area contributed by atoms with Crippen molar-refractivity contribution in [1.82, 2.24) is 9.66 Å². The highest BCUT2D eigenvalue weighted by Crippen LogP contribution is 2.27. The number of esters is 1. The Morgan fingerprint density at radius 2 is 1.97 bits per heavy atom. The standard InChI is InChI=1S/C25H22BrN3O3/c1-4-15(2)24-28-22-11-10-18(26)13-20(22)25(31)29(24)27-14-21-19-8-6-5-7-17(19)9-12-23(21)32-16(3)30/h5-15H,4H2,1-3H3/t15-/m1/s1. The fraction of sp³-hybridized carbons (Fsp3) is 0.200. The Morgan fingerprint density at radius 1 is 1.19 bits per heavy atom. The quantitative estimate of drug-likeness (QED) is 0.206. The average Bonchev–Trinajstić information content (AvgIpc) is 2.78. The van der Waals surface area contributed by atoms with Gasteiger partial charge < -0.3 is 4.74 Å². The number of carbonyl (C=O) groups is 1. The van der Waals surface area contributed by atoms with Crippen LogP contribution in [-0.4, -0.2) is 21.8 Å². The van der Waals surface area contributed by atoms with E-state index in [0.29, 0.717) is 28.0 Å². The zero-order chi connectivity index (χ0) is 22.8. The molecular weight excluding hydrogens is 470 g/mol. The molecule has 0 saturated heterocycles. The summed E-state index contributed by atoms with van der Waals surface area (Å²) in [6.45, 7) is 5.41. The van der Waals surface area contributed by atoms with Gasteiger partial charge in [0.15, 0.2) is 0 Å². The zero-order valence-electron chi connectivity index (χ0n) is 18.0. The van der Waals surface area contributed by atoms with Crippen LogP contribution < -0.4 is 10.3 Å². The van der Waals surface area contributed by atoms with Crippen LogP contribution in [0, 0.1) is 0 Å². The Balaban J connectivity index is 1.96. The van der Waals surface area contributed by atoms with Crippen LogP contribution in [0.2, 0.25) is 0 Å². The number of hydrogen-bond acceptors (Lipinski definition) is 5. The van der Waals surface area contributed by atoms with Gasteiger partial charge in [0.05, 0.1) is 17.1 Å². The molecule has 32 heavy (non-hydrogen) atoms. The lowest BCUT2D eigenvalue weighted by molar-refractivity contribution is -0.131. The summed E-state index contributed by atoms with van der Waals surface area (Å²) >= 11 is 3.42. The van der Waals surface area contributed by atoms with E-state index in [4.69, 9.17) is 9.72 Å². The van der Waals surface area contributed by atoms with Crippen molar-refractivity contribution in [2.75, 3.05) is 0 Å². The summed E-state index contributed by atoms with van der Waals surface area (Å²) in [5.41, 5.74) is 0.998. The molecule has 1 atom stereocenters. The largest absolute Gasteiger partial charge is 0.426 e. The molecule has 0 amide bonds. The third-order valence-corrected chi connectivity index (χ3v) is 5.87. The molecule has 162 valence electrons. The van der Waals surface area contributed by atoms with Gasteiger partial charge in [-0.2, -0.15) is 9.78 Å². The zero-order valence-corrected chi connectivity index (χ0v) is 19.6. The van der Waals surface area contributed by atoms with Gasteiger partial charge in [-0.25, -0.2) is 4.98 Å². The lowest BCUT2D eigenvalue weighted by Gasteiger charge is -2.14. The van der Waals surface area contributed by atoms with Crippen molar-refractivity contribution in [3.63, 3.8) is 0 Å². The van der Waals surface area contributed by atoms with Gasteiger partial charge in [0.1, 0.15) is 11.6 Å². The highest BCUT2D eigenvalue weighted by atomic mass is 79.9. The minimum absolute atomic E-state index is 0.0216. The second-order valence-corrected chi connectivity index (χ2v) is 8.51. The van der Waals surface area contributed by atoms with Crippen LogP contribution in [0.1, 0.15) is 44.5 Å². The van der Waals surface area contributed by atoms with Crippen LogP contribution in [0.4, 0.5) is 0 Å². The number of aromatic nitrogens is 2. The van der Waals surface area contributed by atoms with E-state index in [2.05, 4.69) is 21.0 Å². The normalized spacial score (nSPS) is 12.5. The maximum Gasteiger partial charge on any atom is 0.308 e. The van der Waals surface area contributed by atoms with Gasteiger partial charge in [0.2, 0.25) is 0 Å². The van der Waals surface area contributed by atoms with Gasteiger partial charge in [-0.05, 0) is 41.5 Å². The third kappa shape index (κ3) is 4.21. The van der Waals surface area contributed by atoms with E-state index < -0.39 is 5.97 Å². The molecule has 4 aromatic rings. The predicted octanol–water partition coefficient (Wildman–Crippen LogP) is 5.63. The van der Waals surface area contributed by atoms with E-state index >= 15 is 0 Å². The first-order valence-electron chi connectivity index (χ1n) is 10.4. The molecule has 6 nitrogen and oxygen atoms in total. The van der Waals surface area contributed by atoms with Crippen molar-refractivity contribution in [3.8, 4) is 5.75 Å². The lowest BCUT2D eigenvalue weighted by Crippen LogP contribution is -2.23. The topological polar surface area (TPSA) is 73.6 Å². The summed E-state index contributed by atoms with van der Waals surface area (Å²) in [7, 11) is 0. The summed E-state index contributed by atoms with van der Waals surface area (Å²) in [4.78, 5) is 29.8. The van der Waals surface area contributed by atoms with Crippen molar-refractivity contribution >= 4 is 49.8 Å². The molecule has 0 fully saturated rings. The lowest BCUT2D eigenvalue weighted by atomic mass is 10.0. The first-order valence-corrected chi connectivity index (χ1v) is 11.1. The smallest absolute Gasteiger partial charge is 0.308 e. The van der Waals surface area contributed by atoms with Crippen molar-refractivity contribution in [3.05, 3.63) is 80.8 Å². The fourth-order valence-electron chi connectivity index (χ4n) is 3.55. The molecule has 0 unspecified atom stereocenters. The Hall–Kier alpha value is -3.32. The van der Waals surface area contributed by atoms with E-state index in [9.17, 15) is 9.59 Å². The molecule has 1 aromatic heterocycles. The van der Waals surface area contributed by atoms with Crippen LogP contribution in [0.25, 0.3) is 21.7 Å². The highest BCUT2D eigenvalue weighted by Gasteiger charge is 2.16.